The topological polar surface area (TPSA) is 44.3 Å². The zero-order valence-corrected chi connectivity index (χ0v) is 18.5. The van der Waals surface area contributed by atoms with Crippen molar-refractivity contribution in [1.29, 1.82) is 0 Å². The molecule has 0 saturated carbocycles. The van der Waals surface area contributed by atoms with Crippen LogP contribution in [-0.4, -0.2) is 47.6 Å². The van der Waals surface area contributed by atoms with E-state index in [2.05, 4.69) is 94.8 Å². The number of nitrogens with zero attached hydrogens (tertiary/aromatic N) is 4. The average molecular weight is 424 g/mol. The standard InChI is InChI=1S/C27H29N5/c1-2-28-26-23-15-9-10-16-24(23)29-27(30-26)32-19-17-31(18-20-32)25(21-11-5-3-6-12-21)22-13-7-4-8-14-22/h3-16,25H,2,17-20H2,1H3,(H,28,29,30). The van der Waals surface area contributed by atoms with E-state index in [4.69, 9.17) is 9.97 Å². The van der Waals surface area contributed by atoms with E-state index >= 15 is 0 Å². The van der Waals surface area contributed by atoms with Crippen LogP contribution in [0.3, 0.4) is 0 Å². The van der Waals surface area contributed by atoms with Crippen LogP contribution in [-0.2, 0) is 0 Å². The number of para-hydroxylation sites is 1. The van der Waals surface area contributed by atoms with Crippen LogP contribution in [0.4, 0.5) is 11.8 Å². The van der Waals surface area contributed by atoms with Gasteiger partial charge in [-0.1, -0.05) is 72.8 Å². The minimum atomic E-state index is 0.259. The molecule has 5 heteroatoms. The number of anilines is 2. The first-order valence-corrected chi connectivity index (χ1v) is 11.4. The Morgan fingerprint density at radius 2 is 1.34 bits per heavy atom. The van der Waals surface area contributed by atoms with Gasteiger partial charge in [0, 0.05) is 38.1 Å². The van der Waals surface area contributed by atoms with E-state index in [-0.39, 0.29) is 6.04 Å². The highest BCUT2D eigenvalue weighted by atomic mass is 15.3. The molecule has 5 nitrogen and oxygen atoms in total. The van der Waals surface area contributed by atoms with Crippen LogP contribution in [0.5, 0.6) is 0 Å². The predicted molar refractivity (Wildman–Crippen MR) is 132 cm³/mol. The van der Waals surface area contributed by atoms with Crippen LogP contribution in [0, 0.1) is 0 Å². The van der Waals surface area contributed by atoms with Gasteiger partial charge in [0.2, 0.25) is 5.95 Å². The Kier molecular flexibility index (Phi) is 5.99. The fourth-order valence-electron chi connectivity index (χ4n) is 4.57. The lowest BCUT2D eigenvalue weighted by atomic mass is 9.96. The fraction of sp³-hybridized carbons (Fsp3) is 0.259. The second-order valence-electron chi connectivity index (χ2n) is 8.17. The molecule has 1 N–H and O–H groups in total. The molecule has 0 bridgehead atoms. The van der Waals surface area contributed by atoms with Gasteiger partial charge in [-0.15, -0.1) is 0 Å². The highest BCUT2D eigenvalue weighted by Crippen LogP contribution is 2.30. The average Bonchev–Trinajstić information content (AvgIpc) is 2.86. The van der Waals surface area contributed by atoms with Crippen molar-refractivity contribution in [2.24, 2.45) is 0 Å². The van der Waals surface area contributed by atoms with Crippen molar-refractivity contribution in [2.45, 2.75) is 13.0 Å². The molecule has 162 valence electrons. The molecule has 1 aliphatic heterocycles. The Morgan fingerprint density at radius 3 is 1.97 bits per heavy atom. The van der Waals surface area contributed by atoms with Gasteiger partial charge in [0.05, 0.1) is 11.6 Å². The molecule has 4 aromatic rings. The third-order valence-electron chi connectivity index (χ3n) is 6.13. The first-order chi connectivity index (χ1) is 15.8. The summed E-state index contributed by atoms with van der Waals surface area (Å²) < 4.78 is 0. The van der Waals surface area contributed by atoms with Crippen molar-refractivity contribution in [1.82, 2.24) is 14.9 Å². The zero-order valence-electron chi connectivity index (χ0n) is 18.5. The van der Waals surface area contributed by atoms with Gasteiger partial charge in [0.15, 0.2) is 0 Å². The molecule has 2 heterocycles. The van der Waals surface area contributed by atoms with Gasteiger partial charge in [0.25, 0.3) is 0 Å². The molecule has 0 amide bonds. The minimum absolute atomic E-state index is 0.259. The Morgan fingerprint density at radius 1 is 0.750 bits per heavy atom. The number of rotatable bonds is 6. The summed E-state index contributed by atoms with van der Waals surface area (Å²) in [5.74, 6) is 1.73. The van der Waals surface area contributed by atoms with Crippen LogP contribution in [0.2, 0.25) is 0 Å². The Bertz CT molecular complexity index is 1120. The molecule has 0 aliphatic carbocycles. The highest BCUT2D eigenvalue weighted by molar-refractivity contribution is 5.90. The second kappa shape index (κ2) is 9.37. The lowest BCUT2D eigenvalue weighted by Gasteiger charge is -2.40. The molecule has 5 rings (SSSR count). The first kappa shape index (κ1) is 20.5. The van der Waals surface area contributed by atoms with Gasteiger partial charge in [0.1, 0.15) is 5.82 Å². The third-order valence-corrected chi connectivity index (χ3v) is 6.13. The summed E-state index contributed by atoms with van der Waals surface area (Å²) in [6.07, 6.45) is 0. The Labute approximate surface area is 189 Å². The third kappa shape index (κ3) is 4.16. The van der Waals surface area contributed by atoms with Gasteiger partial charge < -0.3 is 10.2 Å². The van der Waals surface area contributed by atoms with Crippen molar-refractivity contribution < 1.29 is 0 Å². The van der Waals surface area contributed by atoms with Crippen LogP contribution in [0.1, 0.15) is 24.1 Å². The summed E-state index contributed by atoms with van der Waals surface area (Å²) in [5, 5.41) is 4.49. The minimum Gasteiger partial charge on any atom is -0.370 e. The lowest BCUT2D eigenvalue weighted by molar-refractivity contribution is 0.211. The number of fused-ring (bicyclic) bond motifs is 1. The second-order valence-corrected chi connectivity index (χ2v) is 8.17. The van der Waals surface area contributed by atoms with Gasteiger partial charge in [-0.05, 0) is 30.2 Å². The summed E-state index contributed by atoms with van der Waals surface area (Å²) in [7, 11) is 0. The van der Waals surface area contributed by atoms with Crippen LogP contribution in [0.15, 0.2) is 84.9 Å². The van der Waals surface area contributed by atoms with Crippen molar-refractivity contribution in [2.75, 3.05) is 42.9 Å². The van der Waals surface area contributed by atoms with E-state index in [1.807, 2.05) is 12.1 Å². The van der Waals surface area contributed by atoms with Gasteiger partial charge in [-0.2, -0.15) is 4.98 Å². The molecule has 0 radical (unpaired) electrons. The molecular weight excluding hydrogens is 394 g/mol. The molecule has 0 atom stereocenters. The fourth-order valence-corrected chi connectivity index (χ4v) is 4.57. The lowest BCUT2D eigenvalue weighted by Crippen LogP contribution is -2.48. The van der Waals surface area contributed by atoms with Crippen molar-refractivity contribution in [3.8, 4) is 0 Å². The van der Waals surface area contributed by atoms with Crippen molar-refractivity contribution >= 4 is 22.7 Å². The number of nitrogens with one attached hydrogen (secondary N) is 1. The van der Waals surface area contributed by atoms with E-state index < -0.39 is 0 Å². The predicted octanol–water partition coefficient (Wildman–Crippen LogP) is 4.97. The molecule has 32 heavy (non-hydrogen) atoms. The largest absolute Gasteiger partial charge is 0.370 e. The van der Waals surface area contributed by atoms with Crippen molar-refractivity contribution in [3.05, 3.63) is 96.1 Å². The molecule has 0 spiro atoms. The van der Waals surface area contributed by atoms with Gasteiger partial charge >= 0.3 is 0 Å². The quantitative estimate of drug-likeness (QED) is 0.474. The summed E-state index contributed by atoms with van der Waals surface area (Å²) in [4.78, 5) is 14.7. The van der Waals surface area contributed by atoms with E-state index in [9.17, 15) is 0 Å². The molecule has 1 saturated heterocycles. The zero-order chi connectivity index (χ0) is 21.8. The maximum atomic E-state index is 4.89. The summed E-state index contributed by atoms with van der Waals surface area (Å²) in [5.41, 5.74) is 3.66. The molecule has 0 unspecified atom stereocenters. The molecular formula is C27H29N5. The number of aromatic nitrogens is 2. The van der Waals surface area contributed by atoms with Gasteiger partial charge in [-0.3, -0.25) is 4.90 Å². The van der Waals surface area contributed by atoms with Crippen molar-refractivity contribution in [3.63, 3.8) is 0 Å². The smallest absolute Gasteiger partial charge is 0.227 e. The summed E-state index contributed by atoms with van der Waals surface area (Å²) in [6, 6.07) is 30.1. The maximum absolute atomic E-state index is 4.89. The maximum Gasteiger partial charge on any atom is 0.227 e. The number of piperazine rings is 1. The number of benzene rings is 3. The normalized spacial score (nSPS) is 14.8. The number of hydrogen-bond donors (Lipinski definition) is 1. The van der Waals surface area contributed by atoms with Crippen LogP contribution < -0.4 is 10.2 Å². The van der Waals surface area contributed by atoms with E-state index in [0.717, 1.165) is 55.4 Å². The Balaban J connectivity index is 1.39. The molecule has 1 aromatic heterocycles. The van der Waals surface area contributed by atoms with E-state index in [1.54, 1.807) is 0 Å². The van der Waals surface area contributed by atoms with Gasteiger partial charge in [-0.25, -0.2) is 4.98 Å². The SMILES string of the molecule is CCNc1nc(N2CCN(C(c3ccccc3)c3ccccc3)CC2)nc2ccccc12. The van der Waals surface area contributed by atoms with Crippen LogP contribution in [0.25, 0.3) is 10.9 Å². The Hall–Kier alpha value is -3.44. The molecule has 1 fully saturated rings. The van der Waals surface area contributed by atoms with E-state index in [1.165, 1.54) is 11.1 Å². The van der Waals surface area contributed by atoms with Crippen LogP contribution >= 0.6 is 0 Å². The molecule has 3 aromatic carbocycles. The monoisotopic (exact) mass is 423 g/mol. The molecule has 1 aliphatic rings. The first-order valence-electron chi connectivity index (χ1n) is 11.4. The summed E-state index contributed by atoms with van der Waals surface area (Å²) >= 11 is 0. The number of hydrogen-bond acceptors (Lipinski definition) is 5. The summed E-state index contributed by atoms with van der Waals surface area (Å²) in [6.45, 7) is 6.66. The van der Waals surface area contributed by atoms with E-state index in [0.29, 0.717) is 0 Å². The highest BCUT2D eigenvalue weighted by Gasteiger charge is 2.27.